The summed E-state index contributed by atoms with van der Waals surface area (Å²) in [6.45, 7) is 1.87. The highest BCUT2D eigenvalue weighted by molar-refractivity contribution is 5.79. The average Bonchev–Trinajstić information content (AvgIpc) is 3.35. The molecule has 6 nitrogen and oxygen atoms in total. The van der Waals surface area contributed by atoms with Gasteiger partial charge in [-0.05, 0) is 30.9 Å². The summed E-state index contributed by atoms with van der Waals surface area (Å²) in [5.41, 5.74) is 0.389. The van der Waals surface area contributed by atoms with Crippen LogP contribution in [0.15, 0.2) is 12.3 Å². The summed E-state index contributed by atoms with van der Waals surface area (Å²) in [5, 5.41) is 3.55. The van der Waals surface area contributed by atoms with E-state index in [4.69, 9.17) is 9.47 Å². The number of alkyl halides is 3. The zero-order chi connectivity index (χ0) is 20.6. The molecule has 3 aliphatic rings. The molecule has 9 heteroatoms. The van der Waals surface area contributed by atoms with Crippen LogP contribution >= 0.6 is 0 Å². The van der Waals surface area contributed by atoms with Gasteiger partial charge in [-0.3, -0.25) is 9.78 Å². The minimum atomic E-state index is -4.43. The number of hydrogen-bond acceptors (Lipinski definition) is 5. The van der Waals surface area contributed by atoms with Crippen LogP contribution in [-0.4, -0.2) is 60.8 Å². The minimum Gasteiger partial charge on any atom is -0.377 e. The quantitative estimate of drug-likeness (QED) is 0.820. The molecule has 2 aliphatic heterocycles. The molecule has 3 heterocycles. The molecule has 4 rings (SSSR count). The first kappa shape index (κ1) is 20.6. The van der Waals surface area contributed by atoms with Gasteiger partial charge in [0, 0.05) is 50.5 Å². The summed E-state index contributed by atoms with van der Waals surface area (Å²) in [6.07, 6.45) is -0.622. The SMILES string of the molecule is COC1COCC1NC1CCC(C(=O)N2CCc3ncc(C(F)(F)F)cc3C2)C1. The summed E-state index contributed by atoms with van der Waals surface area (Å²) < 4.78 is 49.8. The predicted molar refractivity (Wildman–Crippen MR) is 98.0 cm³/mol. The van der Waals surface area contributed by atoms with Gasteiger partial charge in [-0.15, -0.1) is 0 Å². The number of rotatable bonds is 4. The van der Waals surface area contributed by atoms with Crippen molar-refractivity contribution in [2.45, 2.75) is 56.6 Å². The van der Waals surface area contributed by atoms with Gasteiger partial charge in [0.05, 0.1) is 30.9 Å². The maximum atomic E-state index is 13.0. The van der Waals surface area contributed by atoms with E-state index >= 15 is 0 Å². The van der Waals surface area contributed by atoms with Gasteiger partial charge in [-0.1, -0.05) is 0 Å². The van der Waals surface area contributed by atoms with E-state index in [-0.39, 0.29) is 36.6 Å². The molecular formula is C20H26F3N3O3. The first-order valence-electron chi connectivity index (χ1n) is 10.1. The normalized spacial score (nSPS) is 29.9. The number of nitrogens with one attached hydrogen (secondary N) is 1. The molecule has 0 bridgehead atoms. The largest absolute Gasteiger partial charge is 0.417 e. The number of hydrogen-bond donors (Lipinski definition) is 1. The number of fused-ring (bicyclic) bond motifs is 1. The maximum absolute atomic E-state index is 13.0. The summed E-state index contributed by atoms with van der Waals surface area (Å²) in [4.78, 5) is 18.7. The van der Waals surface area contributed by atoms with Crippen LogP contribution in [0.3, 0.4) is 0 Å². The molecule has 1 saturated heterocycles. The van der Waals surface area contributed by atoms with Gasteiger partial charge in [0.25, 0.3) is 0 Å². The second-order valence-electron chi connectivity index (χ2n) is 8.13. The Kier molecular flexibility index (Phi) is 5.81. The molecule has 4 unspecified atom stereocenters. The lowest BCUT2D eigenvalue weighted by atomic mass is 10.00. The highest BCUT2D eigenvalue weighted by Crippen LogP contribution is 2.33. The van der Waals surface area contributed by atoms with Crippen molar-refractivity contribution in [2.24, 2.45) is 5.92 Å². The number of nitrogens with zero attached hydrogens (tertiary/aromatic N) is 2. The van der Waals surface area contributed by atoms with Crippen LogP contribution in [0.4, 0.5) is 13.2 Å². The average molecular weight is 413 g/mol. The number of pyridine rings is 1. The Hall–Kier alpha value is -1.71. The van der Waals surface area contributed by atoms with Crippen molar-refractivity contribution < 1.29 is 27.4 Å². The zero-order valence-corrected chi connectivity index (χ0v) is 16.4. The summed E-state index contributed by atoms with van der Waals surface area (Å²) >= 11 is 0. The van der Waals surface area contributed by atoms with Crippen LogP contribution in [-0.2, 0) is 33.4 Å². The molecule has 4 atom stereocenters. The fraction of sp³-hybridized carbons (Fsp3) is 0.700. The third-order valence-electron chi connectivity index (χ3n) is 6.24. The predicted octanol–water partition coefficient (Wildman–Crippen LogP) is 2.16. The fourth-order valence-corrected chi connectivity index (χ4v) is 4.61. The Bertz CT molecular complexity index is 758. The molecule has 0 aromatic carbocycles. The topological polar surface area (TPSA) is 63.7 Å². The van der Waals surface area contributed by atoms with E-state index in [2.05, 4.69) is 10.3 Å². The molecule has 1 aromatic rings. The van der Waals surface area contributed by atoms with Crippen LogP contribution in [0.2, 0.25) is 0 Å². The van der Waals surface area contributed by atoms with Crippen molar-refractivity contribution in [2.75, 3.05) is 26.9 Å². The van der Waals surface area contributed by atoms with Gasteiger partial charge in [0.1, 0.15) is 0 Å². The van der Waals surface area contributed by atoms with E-state index in [0.29, 0.717) is 37.4 Å². The van der Waals surface area contributed by atoms with Crippen molar-refractivity contribution in [1.82, 2.24) is 15.2 Å². The first-order valence-corrected chi connectivity index (χ1v) is 10.1. The molecule has 160 valence electrons. The number of methoxy groups -OCH3 is 1. The molecule has 0 spiro atoms. The Balaban J connectivity index is 1.36. The van der Waals surface area contributed by atoms with E-state index in [0.717, 1.165) is 31.5 Å². The molecule has 1 saturated carbocycles. The molecule has 1 amide bonds. The van der Waals surface area contributed by atoms with E-state index in [1.165, 1.54) is 0 Å². The molecule has 0 radical (unpaired) electrons. The summed E-state index contributed by atoms with van der Waals surface area (Å²) in [6, 6.07) is 1.49. The van der Waals surface area contributed by atoms with Crippen molar-refractivity contribution in [3.8, 4) is 0 Å². The highest BCUT2D eigenvalue weighted by Gasteiger charge is 2.38. The first-order chi connectivity index (χ1) is 13.8. The van der Waals surface area contributed by atoms with Crippen molar-refractivity contribution >= 4 is 5.91 Å². The molecule has 29 heavy (non-hydrogen) atoms. The van der Waals surface area contributed by atoms with Gasteiger partial charge in [-0.25, -0.2) is 0 Å². The zero-order valence-electron chi connectivity index (χ0n) is 16.4. The van der Waals surface area contributed by atoms with Crippen LogP contribution in [0.5, 0.6) is 0 Å². The van der Waals surface area contributed by atoms with E-state index in [1.54, 1.807) is 12.0 Å². The number of amides is 1. The van der Waals surface area contributed by atoms with Gasteiger partial charge in [-0.2, -0.15) is 13.2 Å². The van der Waals surface area contributed by atoms with Gasteiger partial charge >= 0.3 is 6.18 Å². The number of halogens is 3. The third-order valence-corrected chi connectivity index (χ3v) is 6.24. The van der Waals surface area contributed by atoms with Crippen molar-refractivity contribution in [3.63, 3.8) is 0 Å². The minimum absolute atomic E-state index is 0.0266. The lowest BCUT2D eigenvalue weighted by Crippen LogP contribution is -2.45. The molecule has 1 aliphatic carbocycles. The van der Waals surface area contributed by atoms with Crippen LogP contribution < -0.4 is 5.32 Å². The van der Waals surface area contributed by atoms with E-state index in [1.807, 2.05) is 0 Å². The fourth-order valence-electron chi connectivity index (χ4n) is 4.61. The number of carbonyl (C=O) groups is 1. The van der Waals surface area contributed by atoms with Crippen LogP contribution in [0, 0.1) is 5.92 Å². The number of carbonyl (C=O) groups excluding carboxylic acids is 1. The van der Waals surface area contributed by atoms with Crippen LogP contribution in [0.25, 0.3) is 0 Å². The number of aromatic nitrogens is 1. The Morgan fingerprint density at radius 2 is 2.17 bits per heavy atom. The van der Waals surface area contributed by atoms with Crippen molar-refractivity contribution in [1.29, 1.82) is 0 Å². The molecule has 1 N–H and O–H groups in total. The summed E-state index contributed by atoms with van der Waals surface area (Å²) in [7, 11) is 1.67. The Labute approximate surface area is 167 Å². The smallest absolute Gasteiger partial charge is 0.377 e. The lowest BCUT2D eigenvalue weighted by molar-refractivity contribution is -0.137. The van der Waals surface area contributed by atoms with E-state index in [9.17, 15) is 18.0 Å². The van der Waals surface area contributed by atoms with Gasteiger partial charge in [0.2, 0.25) is 5.91 Å². The highest BCUT2D eigenvalue weighted by atomic mass is 19.4. The van der Waals surface area contributed by atoms with Crippen LogP contribution in [0.1, 0.15) is 36.1 Å². The second-order valence-corrected chi connectivity index (χ2v) is 8.13. The monoisotopic (exact) mass is 413 g/mol. The molecule has 2 fully saturated rings. The summed E-state index contributed by atoms with van der Waals surface area (Å²) in [5.74, 6) is -0.0700. The lowest BCUT2D eigenvalue weighted by Gasteiger charge is -2.31. The Morgan fingerprint density at radius 3 is 2.93 bits per heavy atom. The maximum Gasteiger partial charge on any atom is 0.417 e. The van der Waals surface area contributed by atoms with E-state index < -0.39 is 11.7 Å². The van der Waals surface area contributed by atoms with Crippen molar-refractivity contribution in [3.05, 3.63) is 29.1 Å². The van der Waals surface area contributed by atoms with Gasteiger partial charge in [0.15, 0.2) is 0 Å². The van der Waals surface area contributed by atoms with Gasteiger partial charge < -0.3 is 19.7 Å². The Morgan fingerprint density at radius 1 is 1.34 bits per heavy atom. The molecular weight excluding hydrogens is 387 g/mol. The number of ether oxygens (including phenoxy) is 2. The third kappa shape index (κ3) is 4.41. The molecule has 1 aromatic heterocycles. The second kappa shape index (κ2) is 8.20. The standard InChI is InChI=1S/C20H26F3N3O3/c1-28-18-11-29-10-17(18)25-15-3-2-12(7-15)19(27)26-5-4-16-13(9-26)6-14(8-24-16)20(21,22)23/h6,8,12,15,17-18,25H,2-5,7,9-11H2,1H3.